The quantitative estimate of drug-likeness (QED) is 0.749. The van der Waals surface area contributed by atoms with Gasteiger partial charge < -0.3 is 15.0 Å². The van der Waals surface area contributed by atoms with E-state index < -0.39 is 11.6 Å². The van der Waals surface area contributed by atoms with Crippen LogP contribution < -0.4 is 16.0 Å². The Bertz CT molecular complexity index is 967. The van der Waals surface area contributed by atoms with Gasteiger partial charge in [-0.1, -0.05) is 0 Å². The Balaban J connectivity index is 2.08. The molecule has 1 aromatic heterocycles. The van der Waals surface area contributed by atoms with E-state index in [1.54, 1.807) is 31.4 Å². The average molecular weight is 327 g/mol. The molecule has 4 nitrogen and oxygen atoms in total. The van der Waals surface area contributed by atoms with Crippen molar-refractivity contribution in [1.82, 2.24) is 4.57 Å². The van der Waals surface area contributed by atoms with Crippen LogP contribution in [0.15, 0.2) is 53.5 Å². The van der Waals surface area contributed by atoms with Gasteiger partial charge in [-0.15, -0.1) is 0 Å². The van der Waals surface area contributed by atoms with Crippen molar-refractivity contribution in [3.05, 3.63) is 76.7 Å². The van der Waals surface area contributed by atoms with Gasteiger partial charge in [-0.05, 0) is 36.4 Å². The highest BCUT2D eigenvalue weighted by Gasteiger charge is 2.12. The lowest BCUT2D eigenvalue weighted by molar-refractivity contribution is 0.439. The van der Waals surface area contributed by atoms with Crippen LogP contribution in [0.3, 0.4) is 0 Å². The molecule has 0 amide bonds. The largest absolute Gasteiger partial charge is 0.454 e. The normalized spacial score (nSPS) is 10.6. The third-order valence-corrected chi connectivity index (χ3v) is 3.43. The Hall–Kier alpha value is -3.15. The molecular weight excluding hydrogens is 314 g/mol. The maximum absolute atomic E-state index is 13.8. The lowest BCUT2D eigenvalue weighted by atomic mass is 10.1. The van der Waals surface area contributed by atoms with E-state index in [0.717, 1.165) is 12.1 Å². The molecule has 0 spiro atoms. The van der Waals surface area contributed by atoms with Gasteiger partial charge in [0.1, 0.15) is 11.6 Å². The van der Waals surface area contributed by atoms with Crippen molar-refractivity contribution in [2.24, 2.45) is 7.05 Å². The number of nitrogens with zero attached hydrogens (tertiary/aromatic N) is 1. The van der Waals surface area contributed by atoms with Crippen LogP contribution in [-0.4, -0.2) is 4.57 Å². The minimum Gasteiger partial charge on any atom is -0.454 e. The van der Waals surface area contributed by atoms with Crippen LogP contribution in [0.25, 0.3) is 11.1 Å². The zero-order valence-corrected chi connectivity index (χ0v) is 12.7. The van der Waals surface area contributed by atoms with Crippen LogP contribution in [0.5, 0.6) is 11.5 Å². The molecule has 6 heteroatoms. The highest BCUT2D eigenvalue weighted by Crippen LogP contribution is 2.35. The van der Waals surface area contributed by atoms with Gasteiger partial charge in [0, 0.05) is 36.1 Å². The van der Waals surface area contributed by atoms with Crippen LogP contribution in [0, 0.1) is 17.7 Å². The molecule has 2 aromatic carbocycles. The van der Waals surface area contributed by atoms with Crippen molar-refractivity contribution in [2.75, 3.05) is 5.73 Å². The summed E-state index contributed by atoms with van der Waals surface area (Å²) in [7, 11) is 1.59. The second kappa shape index (κ2) is 6.16. The summed E-state index contributed by atoms with van der Waals surface area (Å²) in [5, 5.41) is 0. The standard InChI is InChI=1S/C18H13F2N2O2/c1-22-10-11(2-7-18(22)23)14-9-13(21)4-6-16(14)24-17-5-3-12(19)8-15(17)20/h2-6,8-10H,21H2,1H3. The zero-order valence-electron chi connectivity index (χ0n) is 12.7. The van der Waals surface area contributed by atoms with Crippen LogP contribution in [0.1, 0.15) is 0 Å². The maximum Gasteiger partial charge on any atom is 0.258 e. The summed E-state index contributed by atoms with van der Waals surface area (Å²) in [6.45, 7) is 0. The van der Waals surface area contributed by atoms with Crippen molar-refractivity contribution in [1.29, 1.82) is 0 Å². The van der Waals surface area contributed by atoms with Gasteiger partial charge in [-0.25, -0.2) is 8.78 Å². The first kappa shape index (κ1) is 15.7. The number of hydrogen-bond donors (Lipinski definition) is 1. The number of pyridine rings is 1. The van der Waals surface area contributed by atoms with Crippen molar-refractivity contribution in [3.8, 4) is 22.6 Å². The summed E-state index contributed by atoms with van der Waals surface area (Å²) >= 11 is 0. The minimum atomic E-state index is -0.815. The van der Waals surface area contributed by atoms with E-state index in [4.69, 9.17) is 10.5 Å². The smallest absolute Gasteiger partial charge is 0.258 e. The highest BCUT2D eigenvalue weighted by atomic mass is 19.1. The maximum atomic E-state index is 13.8. The fourth-order valence-electron chi connectivity index (χ4n) is 2.23. The third kappa shape index (κ3) is 3.12. The summed E-state index contributed by atoms with van der Waals surface area (Å²) in [5.41, 5.74) is 7.20. The van der Waals surface area contributed by atoms with Crippen molar-refractivity contribution >= 4 is 5.69 Å². The third-order valence-electron chi connectivity index (χ3n) is 3.43. The molecule has 1 radical (unpaired) electrons. The molecule has 0 saturated carbocycles. The number of aromatic nitrogens is 1. The number of hydrogen-bond acceptors (Lipinski definition) is 3. The second-order valence-corrected chi connectivity index (χ2v) is 5.22. The molecule has 0 aliphatic heterocycles. The van der Waals surface area contributed by atoms with E-state index in [2.05, 4.69) is 6.07 Å². The van der Waals surface area contributed by atoms with E-state index >= 15 is 0 Å². The predicted molar refractivity (Wildman–Crippen MR) is 86.8 cm³/mol. The van der Waals surface area contributed by atoms with Gasteiger partial charge in [0.2, 0.25) is 0 Å². The summed E-state index contributed by atoms with van der Waals surface area (Å²) in [6.07, 6.45) is 1.60. The number of nitrogens with two attached hydrogens (primary N) is 1. The Kier molecular flexibility index (Phi) is 4.04. The van der Waals surface area contributed by atoms with Gasteiger partial charge >= 0.3 is 0 Å². The van der Waals surface area contributed by atoms with Crippen LogP contribution >= 0.6 is 0 Å². The molecule has 0 bridgehead atoms. The number of nitrogen functional groups attached to an aromatic ring is 1. The van der Waals surface area contributed by atoms with E-state index in [0.29, 0.717) is 22.6 Å². The fraction of sp³-hybridized carbons (Fsp3) is 0.0556. The van der Waals surface area contributed by atoms with Gasteiger partial charge in [-0.2, -0.15) is 0 Å². The van der Waals surface area contributed by atoms with E-state index in [9.17, 15) is 13.6 Å². The van der Waals surface area contributed by atoms with Crippen LogP contribution in [-0.2, 0) is 7.05 Å². The predicted octanol–water partition coefficient (Wildman–Crippen LogP) is 3.51. The first-order valence-electron chi connectivity index (χ1n) is 7.05. The Morgan fingerprint density at radius 1 is 1.12 bits per heavy atom. The zero-order chi connectivity index (χ0) is 17.3. The van der Waals surface area contributed by atoms with Crippen molar-refractivity contribution in [2.45, 2.75) is 0 Å². The van der Waals surface area contributed by atoms with Gasteiger partial charge in [-0.3, -0.25) is 4.79 Å². The topological polar surface area (TPSA) is 57.2 Å². The number of rotatable bonds is 3. The lowest BCUT2D eigenvalue weighted by Gasteiger charge is -2.13. The Labute approximate surface area is 136 Å². The SMILES string of the molecule is Cn1cc(-c2cc(N)ccc2Oc2ccc(F)cc2F)c[c]c1=O. The van der Waals surface area contributed by atoms with E-state index in [-0.39, 0.29) is 11.3 Å². The number of halogens is 2. The minimum absolute atomic E-state index is 0.115. The molecular formula is C18H13F2N2O2. The highest BCUT2D eigenvalue weighted by molar-refractivity contribution is 5.73. The first-order chi connectivity index (χ1) is 11.4. The molecule has 2 N–H and O–H groups in total. The Morgan fingerprint density at radius 2 is 1.88 bits per heavy atom. The molecule has 0 atom stereocenters. The number of ether oxygens (including phenoxy) is 1. The monoisotopic (exact) mass is 327 g/mol. The van der Waals surface area contributed by atoms with Crippen molar-refractivity contribution in [3.63, 3.8) is 0 Å². The molecule has 0 saturated heterocycles. The number of benzene rings is 2. The van der Waals surface area contributed by atoms with Crippen molar-refractivity contribution < 1.29 is 13.5 Å². The number of anilines is 1. The van der Waals surface area contributed by atoms with Gasteiger partial charge in [0.05, 0.1) is 6.07 Å². The summed E-state index contributed by atoms with van der Waals surface area (Å²) in [5.74, 6) is -1.30. The fourth-order valence-corrected chi connectivity index (χ4v) is 2.23. The van der Waals surface area contributed by atoms with E-state index in [1.165, 1.54) is 16.7 Å². The van der Waals surface area contributed by atoms with E-state index in [1.807, 2.05) is 0 Å². The summed E-state index contributed by atoms with van der Waals surface area (Å²) < 4.78 is 33.8. The van der Waals surface area contributed by atoms with Crippen LogP contribution in [0.4, 0.5) is 14.5 Å². The molecule has 3 rings (SSSR count). The first-order valence-corrected chi connectivity index (χ1v) is 7.05. The molecule has 24 heavy (non-hydrogen) atoms. The molecule has 0 aliphatic rings. The number of aryl methyl sites for hydroxylation is 1. The molecule has 121 valence electrons. The lowest BCUT2D eigenvalue weighted by Crippen LogP contribution is -2.14. The molecule has 0 unspecified atom stereocenters. The van der Waals surface area contributed by atoms with Crippen LogP contribution in [0.2, 0.25) is 0 Å². The van der Waals surface area contributed by atoms with Gasteiger partial charge in [0.25, 0.3) is 5.56 Å². The second-order valence-electron chi connectivity index (χ2n) is 5.22. The summed E-state index contributed by atoms with van der Waals surface area (Å²) in [4.78, 5) is 11.5. The molecule has 1 heterocycles. The molecule has 3 aromatic rings. The molecule has 0 fully saturated rings. The van der Waals surface area contributed by atoms with Gasteiger partial charge in [0.15, 0.2) is 11.6 Å². The average Bonchev–Trinajstić information content (AvgIpc) is 2.54. The molecule has 0 aliphatic carbocycles. The summed E-state index contributed by atoms with van der Waals surface area (Å²) in [6, 6.07) is 12.0. The Morgan fingerprint density at radius 3 is 2.58 bits per heavy atom.